The highest BCUT2D eigenvalue weighted by Gasteiger charge is 2.30. The summed E-state index contributed by atoms with van der Waals surface area (Å²) < 4.78 is 0. The largest absolute Gasteiger partial charge is 0.245 e. The summed E-state index contributed by atoms with van der Waals surface area (Å²) in [7, 11) is 0. The molecule has 0 amide bonds. The van der Waals surface area contributed by atoms with Crippen molar-refractivity contribution < 1.29 is 0 Å². The highest BCUT2D eigenvalue weighted by atomic mass is 14.9. The molecule has 0 atom stereocenters. The van der Waals surface area contributed by atoms with E-state index in [-0.39, 0.29) is 0 Å². The van der Waals surface area contributed by atoms with Crippen LogP contribution >= 0.6 is 0 Å². The lowest BCUT2D eigenvalue weighted by Gasteiger charge is -2.22. The van der Waals surface area contributed by atoms with Crippen LogP contribution in [-0.4, -0.2) is 11.4 Å². The van der Waals surface area contributed by atoms with E-state index < -0.39 is 0 Å². The lowest BCUT2D eigenvalue weighted by molar-refractivity contribution is 0.805. The SMILES string of the molecule is CC(C)c1cc(C(C)C)c(N=C2C(=Nc3c(C(C)C)cc(C(C)C)cc3C(C)C)c3cccc4cccc2c34)c(C(C)C)c1. The second kappa shape index (κ2) is 12.5. The molecule has 1 aliphatic rings. The molecule has 0 aromatic heterocycles. The van der Waals surface area contributed by atoms with Gasteiger partial charge in [-0.3, -0.25) is 0 Å². The van der Waals surface area contributed by atoms with E-state index in [4.69, 9.17) is 9.98 Å². The highest BCUT2D eigenvalue weighted by Crippen LogP contribution is 2.43. The fourth-order valence-corrected chi connectivity index (χ4v) is 6.53. The molecule has 0 saturated heterocycles. The number of benzene rings is 4. The average molecular weight is 585 g/mol. The van der Waals surface area contributed by atoms with Crippen LogP contribution in [0.4, 0.5) is 11.4 Å². The molecule has 0 aliphatic heterocycles. The van der Waals surface area contributed by atoms with Gasteiger partial charge in [0.15, 0.2) is 0 Å². The molecule has 44 heavy (non-hydrogen) atoms. The molecule has 0 heterocycles. The van der Waals surface area contributed by atoms with Gasteiger partial charge in [-0.25, -0.2) is 9.98 Å². The molecule has 2 heteroatoms. The molecule has 0 radical (unpaired) electrons. The molecule has 5 rings (SSSR count). The van der Waals surface area contributed by atoms with Crippen molar-refractivity contribution in [3.63, 3.8) is 0 Å². The molecule has 0 bridgehead atoms. The van der Waals surface area contributed by atoms with Crippen LogP contribution in [0.2, 0.25) is 0 Å². The maximum absolute atomic E-state index is 5.70. The summed E-state index contributed by atoms with van der Waals surface area (Å²) in [5.41, 5.74) is 14.7. The van der Waals surface area contributed by atoms with Crippen LogP contribution in [0, 0.1) is 0 Å². The van der Waals surface area contributed by atoms with Crippen LogP contribution < -0.4 is 0 Å². The molecule has 230 valence electrons. The molecule has 0 saturated carbocycles. The Balaban J connectivity index is 1.90. The molecule has 0 fully saturated rings. The Morgan fingerprint density at radius 1 is 0.409 bits per heavy atom. The van der Waals surface area contributed by atoms with E-state index in [9.17, 15) is 0 Å². The molecule has 0 unspecified atom stereocenters. The van der Waals surface area contributed by atoms with Gasteiger partial charge in [-0.1, -0.05) is 144 Å². The third-order valence-electron chi connectivity index (χ3n) is 9.29. The fourth-order valence-electron chi connectivity index (χ4n) is 6.53. The molecule has 0 N–H and O–H groups in total. The van der Waals surface area contributed by atoms with Crippen molar-refractivity contribution in [2.75, 3.05) is 0 Å². The van der Waals surface area contributed by atoms with Crippen molar-refractivity contribution >= 4 is 33.6 Å². The molecule has 0 spiro atoms. The topological polar surface area (TPSA) is 24.7 Å². The quantitative estimate of drug-likeness (QED) is 0.197. The zero-order valence-electron chi connectivity index (χ0n) is 29.1. The zero-order valence-corrected chi connectivity index (χ0v) is 29.1. The highest BCUT2D eigenvalue weighted by molar-refractivity contribution is 6.61. The van der Waals surface area contributed by atoms with Gasteiger partial charge in [0.2, 0.25) is 0 Å². The Labute approximate surface area is 266 Å². The van der Waals surface area contributed by atoms with Crippen LogP contribution in [0.25, 0.3) is 10.8 Å². The zero-order chi connectivity index (χ0) is 32.0. The normalized spacial score (nSPS) is 15.2. The predicted octanol–water partition coefficient (Wildman–Crippen LogP) is 12.8. The first-order valence-corrected chi connectivity index (χ1v) is 16.9. The van der Waals surface area contributed by atoms with Crippen molar-refractivity contribution in [2.45, 2.75) is 119 Å². The molecule has 2 nitrogen and oxygen atoms in total. The molecule has 1 aliphatic carbocycles. The van der Waals surface area contributed by atoms with Crippen molar-refractivity contribution in [3.05, 3.63) is 105 Å². The van der Waals surface area contributed by atoms with Crippen molar-refractivity contribution in [3.8, 4) is 0 Å². The van der Waals surface area contributed by atoms with Crippen molar-refractivity contribution in [1.82, 2.24) is 0 Å². The first kappa shape index (κ1) is 31.9. The monoisotopic (exact) mass is 584 g/mol. The summed E-state index contributed by atoms with van der Waals surface area (Å²) >= 11 is 0. The number of nitrogens with zero attached hydrogens (tertiary/aromatic N) is 2. The molecule has 4 aromatic rings. The Hall–Kier alpha value is -3.52. The Morgan fingerprint density at radius 3 is 1.00 bits per heavy atom. The van der Waals surface area contributed by atoms with Gasteiger partial charge < -0.3 is 0 Å². The van der Waals surface area contributed by atoms with Crippen LogP contribution in [0.5, 0.6) is 0 Å². The minimum Gasteiger partial charge on any atom is -0.245 e. The van der Waals surface area contributed by atoms with Gasteiger partial charge in [0.05, 0.1) is 22.8 Å². The van der Waals surface area contributed by atoms with Gasteiger partial charge >= 0.3 is 0 Å². The van der Waals surface area contributed by atoms with Crippen LogP contribution in [0.15, 0.2) is 70.6 Å². The second-order valence-electron chi connectivity index (χ2n) is 14.7. The summed E-state index contributed by atoms with van der Waals surface area (Å²) in [5.74, 6) is 2.35. The molecular weight excluding hydrogens is 532 g/mol. The Kier molecular flexibility index (Phi) is 9.04. The van der Waals surface area contributed by atoms with Crippen molar-refractivity contribution in [1.29, 1.82) is 0 Å². The third-order valence-corrected chi connectivity index (χ3v) is 9.29. The van der Waals surface area contributed by atoms with Gasteiger partial charge in [0.25, 0.3) is 0 Å². The first-order valence-electron chi connectivity index (χ1n) is 16.9. The lowest BCUT2D eigenvalue weighted by atomic mass is 9.87. The van der Waals surface area contributed by atoms with Gasteiger partial charge in [-0.05, 0) is 74.3 Å². The third kappa shape index (κ3) is 5.81. The van der Waals surface area contributed by atoms with E-state index in [2.05, 4.69) is 144 Å². The van der Waals surface area contributed by atoms with Crippen LogP contribution in [-0.2, 0) is 0 Å². The van der Waals surface area contributed by atoms with E-state index in [1.807, 2.05) is 0 Å². The summed E-state index contributed by atoms with van der Waals surface area (Å²) in [6, 6.07) is 22.9. The van der Waals surface area contributed by atoms with E-state index in [0.717, 1.165) is 22.8 Å². The molecular formula is C42H52N2. The van der Waals surface area contributed by atoms with Crippen molar-refractivity contribution in [2.24, 2.45) is 9.98 Å². The van der Waals surface area contributed by atoms with Gasteiger partial charge in [-0.15, -0.1) is 0 Å². The summed E-state index contributed by atoms with van der Waals surface area (Å²) in [4.78, 5) is 11.4. The van der Waals surface area contributed by atoms with Crippen LogP contribution in [0.1, 0.15) is 163 Å². The summed E-state index contributed by atoms with van der Waals surface area (Å²) in [6.07, 6.45) is 0. The minimum absolute atomic E-state index is 0.356. The average Bonchev–Trinajstić information content (AvgIpc) is 3.25. The van der Waals surface area contributed by atoms with E-state index in [0.29, 0.717) is 35.5 Å². The standard InChI is InChI=1S/C42H52N2/c1-23(2)30-19-34(25(5)6)39(35(20-30)26(7)8)43-41-32-17-13-15-29-16-14-18-33(38(29)32)42(41)44-40-36(27(9)10)21-31(24(3)4)22-37(40)28(11)12/h13-28H,1-12H3. The second-order valence-corrected chi connectivity index (χ2v) is 14.7. The van der Waals surface area contributed by atoms with Crippen LogP contribution in [0.3, 0.4) is 0 Å². The maximum Gasteiger partial charge on any atom is 0.0979 e. The maximum atomic E-state index is 5.70. The fraction of sp³-hybridized carbons (Fsp3) is 0.429. The summed E-state index contributed by atoms with van der Waals surface area (Å²) in [5, 5.41) is 2.50. The van der Waals surface area contributed by atoms with Gasteiger partial charge in [-0.2, -0.15) is 0 Å². The van der Waals surface area contributed by atoms with E-state index in [1.54, 1.807) is 0 Å². The smallest absolute Gasteiger partial charge is 0.0979 e. The Bertz CT molecular complexity index is 1570. The van der Waals surface area contributed by atoms with E-state index >= 15 is 0 Å². The molecule has 4 aromatic carbocycles. The van der Waals surface area contributed by atoms with Gasteiger partial charge in [0, 0.05) is 16.5 Å². The number of hydrogen-bond acceptors (Lipinski definition) is 2. The number of hydrogen-bond donors (Lipinski definition) is 0. The first-order chi connectivity index (χ1) is 20.8. The van der Waals surface area contributed by atoms with Gasteiger partial charge in [0.1, 0.15) is 0 Å². The summed E-state index contributed by atoms with van der Waals surface area (Å²) in [6.45, 7) is 27.5. The predicted molar refractivity (Wildman–Crippen MR) is 194 cm³/mol. The number of rotatable bonds is 8. The lowest BCUT2D eigenvalue weighted by Crippen LogP contribution is -2.12. The number of aliphatic imine (C=N–C) groups is 2. The Morgan fingerprint density at radius 2 is 0.727 bits per heavy atom. The van der Waals surface area contributed by atoms with E-state index in [1.165, 1.54) is 55.3 Å². The minimum atomic E-state index is 0.356.